The maximum Gasteiger partial charge on any atom is 0.261 e. The third-order valence-electron chi connectivity index (χ3n) is 2.17. The molecule has 0 radical (unpaired) electrons. The van der Waals surface area contributed by atoms with Crippen LogP contribution in [-0.4, -0.2) is 38.4 Å². The summed E-state index contributed by atoms with van der Waals surface area (Å²) in [5.74, 6) is 0. The van der Waals surface area contributed by atoms with Crippen LogP contribution in [0.15, 0.2) is 0 Å². The monoisotopic (exact) mass is 195 g/mol. The summed E-state index contributed by atoms with van der Waals surface area (Å²) in [4.78, 5) is 0. The van der Waals surface area contributed by atoms with E-state index in [9.17, 15) is 8.78 Å². The first-order valence-corrected chi connectivity index (χ1v) is 4.38. The molecule has 0 aromatic rings. The number of alkyl halides is 2. The van der Waals surface area contributed by atoms with E-state index in [1.54, 1.807) is 0 Å². The van der Waals surface area contributed by atoms with E-state index in [-0.39, 0.29) is 6.54 Å². The number of halogens is 2. The van der Waals surface area contributed by atoms with Crippen molar-refractivity contribution in [2.75, 3.05) is 26.4 Å². The van der Waals surface area contributed by atoms with Crippen molar-refractivity contribution >= 4 is 0 Å². The van der Waals surface area contributed by atoms with Gasteiger partial charge in [0.05, 0.1) is 6.61 Å². The maximum absolute atomic E-state index is 11.9. The number of rotatable bonds is 4. The number of ether oxygens (including phenoxy) is 2. The van der Waals surface area contributed by atoms with Crippen molar-refractivity contribution in [3.05, 3.63) is 0 Å². The van der Waals surface area contributed by atoms with E-state index < -0.39 is 18.6 Å². The first-order chi connectivity index (χ1) is 6.18. The zero-order valence-corrected chi connectivity index (χ0v) is 7.47. The van der Waals surface area contributed by atoms with Crippen LogP contribution >= 0.6 is 0 Å². The van der Waals surface area contributed by atoms with Gasteiger partial charge in [-0.05, 0) is 12.8 Å². The molecule has 0 amide bonds. The molecule has 2 N–H and O–H groups in total. The van der Waals surface area contributed by atoms with Crippen LogP contribution in [0, 0.1) is 0 Å². The van der Waals surface area contributed by atoms with Crippen molar-refractivity contribution in [1.82, 2.24) is 0 Å². The Morgan fingerprint density at radius 3 is 2.77 bits per heavy atom. The molecule has 1 rings (SSSR count). The Morgan fingerprint density at radius 1 is 1.54 bits per heavy atom. The normalized spacial score (nSPS) is 29.5. The highest BCUT2D eigenvalue weighted by atomic mass is 19.3. The molecule has 1 unspecified atom stereocenters. The molecule has 1 atom stereocenters. The largest absolute Gasteiger partial charge is 0.378 e. The fourth-order valence-electron chi connectivity index (χ4n) is 1.40. The lowest BCUT2D eigenvalue weighted by atomic mass is 9.97. The lowest BCUT2D eigenvalue weighted by Gasteiger charge is -2.35. The van der Waals surface area contributed by atoms with Crippen LogP contribution < -0.4 is 5.73 Å². The second-order valence-electron chi connectivity index (χ2n) is 3.25. The van der Waals surface area contributed by atoms with Gasteiger partial charge in [0, 0.05) is 13.2 Å². The zero-order valence-electron chi connectivity index (χ0n) is 7.47. The second kappa shape index (κ2) is 4.83. The van der Waals surface area contributed by atoms with Gasteiger partial charge in [0.2, 0.25) is 0 Å². The van der Waals surface area contributed by atoms with Gasteiger partial charge in [-0.15, -0.1) is 0 Å². The Bertz CT molecular complexity index is 149. The Morgan fingerprint density at radius 2 is 2.31 bits per heavy atom. The minimum atomic E-state index is -2.44. The SMILES string of the molecule is NCC1(OCC(F)F)CCCOC1. The minimum Gasteiger partial charge on any atom is -0.378 e. The van der Waals surface area contributed by atoms with Crippen molar-refractivity contribution in [3.8, 4) is 0 Å². The number of nitrogens with two attached hydrogens (primary N) is 1. The molecule has 5 heteroatoms. The van der Waals surface area contributed by atoms with E-state index in [1.807, 2.05) is 0 Å². The summed E-state index contributed by atoms with van der Waals surface area (Å²) in [6.07, 6.45) is -0.915. The van der Waals surface area contributed by atoms with Crippen LogP contribution in [0.3, 0.4) is 0 Å². The van der Waals surface area contributed by atoms with Gasteiger partial charge in [-0.2, -0.15) is 0 Å². The highest BCUT2D eigenvalue weighted by Gasteiger charge is 2.33. The Labute approximate surface area is 76.2 Å². The molecular weight excluding hydrogens is 180 g/mol. The fraction of sp³-hybridized carbons (Fsp3) is 1.00. The Hall–Kier alpha value is -0.260. The van der Waals surface area contributed by atoms with Crippen LogP contribution in [0.25, 0.3) is 0 Å². The minimum absolute atomic E-state index is 0.236. The van der Waals surface area contributed by atoms with Gasteiger partial charge in [-0.3, -0.25) is 0 Å². The molecule has 13 heavy (non-hydrogen) atoms. The molecule has 1 heterocycles. The molecule has 1 aliphatic heterocycles. The summed E-state index contributed by atoms with van der Waals surface area (Å²) < 4.78 is 34.0. The third-order valence-corrected chi connectivity index (χ3v) is 2.17. The van der Waals surface area contributed by atoms with E-state index in [1.165, 1.54) is 0 Å². The first-order valence-electron chi connectivity index (χ1n) is 4.38. The molecule has 3 nitrogen and oxygen atoms in total. The van der Waals surface area contributed by atoms with Crippen molar-refractivity contribution < 1.29 is 18.3 Å². The van der Waals surface area contributed by atoms with Gasteiger partial charge in [0.1, 0.15) is 12.2 Å². The molecule has 1 fully saturated rings. The molecule has 0 aliphatic carbocycles. The first kappa shape index (κ1) is 10.8. The molecule has 0 aromatic heterocycles. The Balaban J connectivity index is 2.38. The zero-order chi connectivity index (χ0) is 9.73. The predicted octanol–water partition coefficient (Wildman–Crippen LogP) is 0.776. The summed E-state index contributed by atoms with van der Waals surface area (Å²) in [6.45, 7) is 0.677. The van der Waals surface area contributed by atoms with Crippen molar-refractivity contribution in [3.63, 3.8) is 0 Å². The molecule has 1 saturated heterocycles. The van der Waals surface area contributed by atoms with E-state index in [2.05, 4.69) is 0 Å². The van der Waals surface area contributed by atoms with Gasteiger partial charge in [-0.1, -0.05) is 0 Å². The second-order valence-corrected chi connectivity index (χ2v) is 3.25. The van der Waals surface area contributed by atoms with Gasteiger partial charge in [0.15, 0.2) is 0 Å². The number of hydrogen-bond donors (Lipinski definition) is 1. The topological polar surface area (TPSA) is 44.5 Å². The lowest BCUT2D eigenvalue weighted by Crippen LogP contribution is -2.48. The molecule has 0 spiro atoms. The van der Waals surface area contributed by atoms with Crippen LogP contribution in [0.4, 0.5) is 8.78 Å². The standard InChI is InChI=1S/C8H15F2NO2/c9-7(10)4-13-8(5-11)2-1-3-12-6-8/h7H,1-6,11H2. The summed E-state index contributed by atoms with van der Waals surface area (Å²) in [5, 5.41) is 0. The van der Waals surface area contributed by atoms with E-state index in [0.29, 0.717) is 19.6 Å². The van der Waals surface area contributed by atoms with Crippen LogP contribution in [-0.2, 0) is 9.47 Å². The average molecular weight is 195 g/mol. The molecular formula is C8H15F2NO2. The van der Waals surface area contributed by atoms with Crippen molar-refractivity contribution in [2.24, 2.45) is 5.73 Å². The smallest absolute Gasteiger partial charge is 0.261 e. The van der Waals surface area contributed by atoms with Gasteiger partial charge in [0.25, 0.3) is 6.43 Å². The highest BCUT2D eigenvalue weighted by Crippen LogP contribution is 2.22. The molecule has 78 valence electrons. The van der Waals surface area contributed by atoms with Crippen molar-refractivity contribution in [2.45, 2.75) is 24.9 Å². The lowest BCUT2D eigenvalue weighted by molar-refractivity contribution is -0.144. The molecule has 0 bridgehead atoms. The summed E-state index contributed by atoms with van der Waals surface area (Å²) in [5.41, 5.74) is 4.80. The summed E-state index contributed by atoms with van der Waals surface area (Å²) in [7, 11) is 0. The van der Waals surface area contributed by atoms with Crippen LogP contribution in [0.5, 0.6) is 0 Å². The summed E-state index contributed by atoms with van der Waals surface area (Å²) >= 11 is 0. The Kier molecular flexibility index (Phi) is 4.02. The number of hydrogen-bond acceptors (Lipinski definition) is 3. The fourth-order valence-corrected chi connectivity index (χ4v) is 1.40. The van der Waals surface area contributed by atoms with Gasteiger partial charge in [-0.25, -0.2) is 8.78 Å². The quantitative estimate of drug-likeness (QED) is 0.720. The van der Waals surface area contributed by atoms with Crippen LogP contribution in [0.2, 0.25) is 0 Å². The van der Waals surface area contributed by atoms with Crippen molar-refractivity contribution in [1.29, 1.82) is 0 Å². The summed E-state index contributed by atoms with van der Waals surface area (Å²) in [6, 6.07) is 0. The van der Waals surface area contributed by atoms with Crippen LogP contribution in [0.1, 0.15) is 12.8 Å². The van der Waals surface area contributed by atoms with Gasteiger partial charge >= 0.3 is 0 Å². The predicted molar refractivity (Wildman–Crippen MR) is 43.8 cm³/mol. The third kappa shape index (κ3) is 3.17. The van der Waals surface area contributed by atoms with Gasteiger partial charge < -0.3 is 15.2 Å². The van der Waals surface area contributed by atoms with E-state index in [4.69, 9.17) is 15.2 Å². The molecule has 1 aliphatic rings. The van der Waals surface area contributed by atoms with E-state index >= 15 is 0 Å². The highest BCUT2D eigenvalue weighted by molar-refractivity contribution is 4.84. The molecule has 0 aromatic carbocycles. The maximum atomic E-state index is 11.9. The molecule has 0 saturated carbocycles. The average Bonchev–Trinajstić information content (AvgIpc) is 2.16. The van der Waals surface area contributed by atoms with E-state index in [0.717, 1.165) is 6.42 Å².